The van der Waals surface area contributed by atoms with Gasteiger partial charge in [0.2, 0.25) is 0 Å². The molecule has 0 aliphatic heterocycles. The molecule has 7 nitrogen and oxygen atoms in total. The van der Waals surface area contributed by atoms with Crippen LogP contribution in [0.2, 0.25) is 0 Å². The smallest absolute Gasteiger partial charge is 0.136 e. The van der Waals surface area contributed by atoms with Gasteiger partial charge in [0.1, 0.15) is 17.9 Å². The second-order valence-electron chi connectivity index (χ2n) is 8.05. The number of carbonyl (C=O) groups is 1. The van der Waals surface area contributed by atoms with Crippen LogP contribution in [-0.2, 0) is 28.9 Å². The zero-order chi connectivity index (χ0) is 22.9. The van der Waals surface area contributed by atoms with Crippen LogP contribution in [0.4, 0.5) is 0 Å². The lowest BCUT2D eigenvalue weighted by Gasteiger charge is -2.14. The number of rotatable bonds is 6. The van der Waals surface area contributed by atoms with Gasteiger partial charge in [-0.2, -0.15) is 5.10 Å². The summed E-state index contributed by atoms with van der Waals surface area (Å²) in [5.41, 5.74) is 7.99. The quantitative estimate of drug-likeness (QED) is 0.313. The van der Waals surface area contributed by atoms with Crippen LogP contribution in [0.1, 0.15) is 34.4 Å². The van der Waals surface area contributed by atoms with E-state index in [4.69, 9.17) is 14.9 Å². The van der Waals surface area contributed by atoms with Gasteiger partial charge in [-0.3, -0.25) is 9.78 Å². The Morgan fingerprint density at radius 1 is 1.27 bits per heavy atom. The molecule has 1 aliphatic carbocycles. The van der Waals surface area contributed by atoms with Crippen LogP contribution in [0.5, 0.6) is 0 Å². The van der Waals surface area contributed by atoms with E-state index >= 15 is 0 Å². The fraction of sp³-hybridized carbons (Fsp3) is 0.240. The number of benzene rings is 1. The Morgan fingerprint density at radius 2 is 2.15 bits per heavy atom. The van der Waals surface area contributed by atoms with Gasteiger partial charge in [0.05, 0.1) is 40.3 Å². The van der Waals surface area contributed by atoms with Gasteiger partial charge in [0.15, 0.2) is 0 Å². The van der Waals surface area contributed by atoms with Gasteiger partial charge in [0.25, 0.3) is 0 Å². The van der Waals surface area contributed by atoms with E-state index in [0.29, 0.717) is 6.42 Å². The van der Waals surface area contributed by atoms with Crippen molar-refractivity contribution < 1.29 is 9.63 Å². The molecule has 1 aromatic carbocycles. The Kier molecular flexibility index (Phi) is 5.60. The molecule has 0 atom stereocenters. The highest BCUT2D eigenvalue weighted by molar-refractivity contribution is 7.15. The zero-order valence-electron chi connectivity index (χ0n) is 18.7. The summed E-state index contributed by atoms with van der Waals surface area (Å²) in [5, 5.41) is 9.81. The van der Waals surface area contributed by atoms with Crippen molar-refractivity contribution >= 4 is 23.3 Å². The van der Waals surface area contributed by atoms with Crippen LogP contribution in [0, 0.1) is 6.92 Å². The summed E-state index contributed by atoms with van der Waals surface area (Å²) in [7, 11) is 1.52. The Labute approximate surface area is 195 Å². The normalized spacial score (nSPS) is 12.6. The Bertz CT molecular complexity index is 1370. The maximum atomic E-state index is 11.7. The molecule has 0 bridgehead atoms. The highest BCUT2D eigenvalue weighted by Gasteiger charge is 2.30. The van der Waals surface area contributed by atoms with E-state index in [2.05, 4.69) is 16.2 Å². The van der Waals surface area contributed by atoms with E-state index in [0.717, 1.165) is 62.3 Å². The number of oxime groups is 1. The van der Waals surface area contributed by atoms with Crippen molar-refractivity contribution in [1.82, 2.24) is 19.7 Å². The van der Waals surface area contributed by atoms with E-state index in [-0.39, 0.29) is 5.78 Å². The number of thiazole rings is 1. The third-order valence-electron chi connectivity index (χ3n) is 5.56. The highest BCUT2D eigenvalue weighted by atomic mass is 32.1. The van der Waals surface area contributed by atoms with Crippen molar-refractivity contribution in [3.8, 4) is 27.5 Å². The molecule has 0 saturated heterocycles. The number of carbonyl (C=O) groups excluding carboxylic acids is 1. The lowest BCUT2D eigenvalue weighted by molar-refractivity contribution is -0.116. The maximum Gasteiger partial charge on any atom is 0.136 e. The minimum atomic E-state index is 0.117. The van der Waals surface area contributed by atoms with Crippen LogP contribution < -0.4 is 0 Å². The van der Waals surface area contributed by atoms with Crippen LogP contribution in [-0.4, -0.2) is 38.9 Å². The SMILES string of the molecule is CO/N=C\c1cccc(-n2nc(-c3ccc(C)nc3)c3c2-c2sc(CC(C)=O)nc2CC3)c1. The fourth-order valence-corrected chi connectivity index (χ4v) is 5.32. The minimum absolute atomic E-state index is 0.117. The van der Waals surface area contributed by atoms with Gasteiger partial charge in [-0.15, -0.1) is 11.3 Å². The van der Waals surface area contributed by atoms with Gasteiger partial charge >= 0.3 is 0 Å². The second-order valence-corrected chi connectivity index (χ2v) is 9.13. The van der Waals surface area contributed by atoms with Gasteiger partial charge < -0.3 is 4.84 Å². The monoisotopic (exact) mass is 457 g/mol. The molecule has 0 radical (unpaired) electrons. The Hall–Kier alpha value is -3.65. The van der Waals surface area contributed by atoms with Crippen molar-refractivity contribution in [2.24, 2.45) is 5.16 Å². The average molecular weight is 458 g/mol. The standard InChI is InChI=1S/C25H23N5O2S/c1-15-7-8-18(14-26-15)23-20-9-10-21-25(33-22(28-21)11-16(2)31)24(20)30(29-23)19-6-4-5-17(12-19)13-27-32-3/h4-8,12-14H,9-11H2,1-3H3/b27-13-. The lowest BCUT2D eigenvalue weighted by atomic mass is 9.95. The summed E-state index contributed by atoms with van der Waals surface area (Å²) in [5.74, 6) is 0.117. The zero-order valence-corrected chi connectivity index (χ0v) is 19.5. The van der Waals surface area contributed by atoms with Crippen LogP contribution in [0.25, 0.3) is 27.5 Å². The predicted molar refractivity (Wildman–Crippen MR) is 129 cm³/mol. The van der Waals surface area contributed by atoms with Crippen molar-refractivity contribution in [3.05, 3.63) is 70.1 Å². The molecular weight excluding hydrogens is 434 g/mol. The molecule has 33 heavy (non-hydrogen) atoms. The molecule has 166 valence electrons. The van der Waals surface area contributed by atoms with E-state index < -0.39 is 0 Å². The summed E-state index contributed by atoms with van der Waals surface area (Å²) in [6.07, 6.45) is 5.58. The third-order valence-corrected chi connectivity index (χ3v) is 6.66. The highest BCUT2D eigenvalue weighted by Crippen LogP contribution is 2.43. The molecule has 8 heteroatoms. The first-order chi connectivity index (χ1) is 16.0. The lowest BCUT2D eigenvalue weighted by Crippen LogP contribution is -2.06. The fourth-order valence-electron chi connectivity index (χ4n) is 4.08. The predicted octanol–water partition coefficient (Wildman–Crippen LogP) is 4.58. The number of Topliss-reactive ketones (excluding diaryl/α,β-unsaturated/α-hetero) is 1. The number of pyridine rings is 1. The molecule has 4 aromatic rings. The summed E-state index contributed by atoms with van der Waals surface area (Å²) >= 11 is 1.59. The molecule has 3 heterocycles. The summed E-state index contributed by atoms with van der Waals surface area (Å²) in [6.45, 7) is 3.58. The number of aromatic nitrogens is 4. The number of aryl methyl sites for hydroxylation is 2. The summed E-state index contributed by atoms with van der Waals surface area (Å²) < 4.78 is 1.99. The van der Waals surface area contributed by atoms with Gasteiger partial charge in [-0.25, -0.2) is 9.67 Å². The molecular formula is C25H23N5O2S. The number of hydrogen-bond donors (Lipinski definition) is 0. The van der Waals surface area contributed by atoms with Crippen molar-refractivity contribution in [1.29, 1.82) is 0 Å². The molecule has 0 unspecified atom stereocenters. The van der Waals surface area contributed by atoms with Crippen molar-refractivity contribution in [2.45, 2.75) is 33.1 Å². The minimum Gasteiger partial charge on any atom is -0.399 e. The molecule has 3 aromatic heterocycles. The van der Waals surface area contributed by atoms with Gasteiger partial charge in [-0.05, 0) is 56.5 Å². The number of nitrogens with zero attached hydrogens (tertiary/aromatic N) is 5. The summed E-state index contributed by atoms with van der Waals surface area (Å²) in [4.78, 5) is 26.9. The number of hydrogen-bond acceptors (Lipinski definition) is 7. The van der Waals surface area contributed by atoms with Crippen LogP contribution in [0.3, 0.4) is 0 Å². The largest absolute Gasteiger partial charge is 0.399 e. The van der Waals surface area contributed by atoms with Crippen LogP contribution in [0.15, 0.2) is 47.8 Å². The second kappa shape index (κ2) is 8.71. The van der Waals surface area contributed by atoms with Crippen LogP contribution >= 0.6 is 11.3 Å². The molecule has 5 rings (SSSR count). The average Bonchev–Trinajstić information content (AvgIpc) is 3.39. The van der Waals surface area contributed by atoms with Gasteiger partial charge in [-0.1, -0.05) is 17.3 Å². The maximum absolute atomic E-state index is 11.7. The molecule has 0 saturated carbocycles. The Balaban J connectivity index is 1.71. The first-order valence-corrected chi connectivity index (χ1v) is 11.6. The molecule has 0 fully saturated rings. The molecule has 0 N–H and O–H groups in total. The van der Waals surface area contributed by atoms with E-state index in [1.165, 1.54) is 12.7 Å². The molecule has 0 spiro atoms. The molecule has 0 amide bonds. The van der Waals surface area contributed by atoms with Crippen molar-refractivity contribution in [3.63, 3.8) is 0 Å². The topological polar surface area (TPSA) is 82.3 Å². The number of fused-ring (bicyclic) bond motifs is 3. The first-order valence-electron chi connectivity index (χ1n) is 10.7. The van der Waals surface area contributed by atoms with E-state index in [1.54, 1.807) is 24.5 Å². The van der Waals surface area contributed by atoms with Crippen molar-refractivity contribution in [2.75, 3.05) is 7.11 Å². The first kappa shape index (κ1) is 21.2. The van der Waals surface area contributed by atoms with E-state index in [1.807, 2.05) is 48.1 Å². The van der Waals surface area contributed by atoms with E-state index in [9.17, 15) is 4.79 Å². The third kappa shape index (κ3) is 4.09. The Morgan fingerprint density at radius 3 is 2.91 bits per heavy atom. The summed E-state index contributed by atoms with van der Waals surface area (Å²) in [6, 6.07) is 12.1. The molecule has 1 aliphatic rings. The number of ketones is 1. The van der Waals surface area contributed by atoms with Gasteiger partial charge in [0, 0.05) is 23.0 Å².